The maximum absolute atomic E-state index is 11.1. The first-order valence-electron chi connectivity index (χ1n) is 4.23. The Morgan fingerprint density at radius 2 is 2.25 bits per heavy atom. The van der Waals surface area contributed by atoms with E-state index >= 15 is 0 Å². The van der Waals surface area contributed by atoms with Crippen LogP contribution in [0.15, 0.2) is 12.7 Å². The lowest BCUT2D eigenvalue weighted by molar-refractivity contribution is -0.121. The minimum absolute atomic E-state index is 0.0414. The van der Waals surface area contributed by atoms with E-state index in [0.717, 1.165) is 6.42 Å². The molecule has 0 radical (unpaired) electrons. The second kappa shape index (κ2) is 5.77. The molecule has 0 heterocycles. The van der Waals surface area contributed by atoms with Crippen molar-refractivity contribution < 1.29 is 4.79 Å². The van der Waals surface area contributed by atoms with Gasteiger partial charge in [0, 0.05) is 18.5 Å². The minimum atomic E-state index is 0.0414. The van der Waals surface area contributed by atoms with E-state index in [1.807, 2.05) is 13.8 Å². The molecule has 0 aliphatic rings. The van der Waals surface area contributed by atoms with Gasteiger partial charge in [0.1, 0.15) is 0 Å². The molecule has 0 rings (SSSR count). The van der Waals surface area contributed by atoms with E-state index in [9.17, 15) is 4.79 Å². The lowest BCUT2D eigenvalue weighted by Crippen LogP contribution is -2.31. The molecular weight excluding hydrogens is 152 g/mol. The van der Waals surface area contributed by atoms with E-state index in [4.69, 9.17) is 5.73 Å². The quantitative estimate of drug-likeness (QED) is 0.600. The molecule has 0 saturated carbocycles. The number of nitrogens with two attached hydrogens (primary N) is 1. The highest BCUT2D eigenvalue weighted by Gasteiger charge is 2.04. The maximum Gasteiger partial charge on any atom is 0.220 e. The highest BCUT2D eigenvalue weighted by atomic mass is 16.1. The summed E-state index contributed by atoms with van der Waals surface area (Å²) in [6.07, 6.45) is 2.93. The molecule has 3 N–H and O–H groups in total. The van der Waals surface area contributed by atoms with E-state index in [1.165, 1.54) is 0 Å². The number of hydrogen-bond acceptors (Lipinski definition) is 2. The Labute approximate surface area is 74.0 Å². The van der Waals surface area contributed by atoms with Gasteiger partial charge in [-0.15, -0.1) is 6.58 Å². The van der Waals surface area contributed by atoms with Crippen molar-refractivity contribution >= 4 is 5.91 Å². The maximum atomic E-state index is 11.1. The van der Waals surface area contributed by atoms with Gasteiger partial charge < -0.3 is 11.1 Å². The van der Waals surface area contributed by atoms with Crippen LogP contribution in [0, 0.1) is 0 Å². The Kier molecular flexibility index (Phi) is 5.37. The third-order valence-corrected chi connectivity index (χ3v) is 1.57. The van der Waals surface area contributed by atoms with Gasteiger partial charge in [-0.2, -0.15) is 0 Å². The number of hydrogen-bond donors (Lipinski definition) is 2. The number of nitrogens with one attached hydrogen (secondary N) is 1. The summed E-state index contributed by atoms with van der Waals surface area (Å²) in [5.41, 5.74) is 5.50. The van der Waals surface area contributed by atoms with Crippen molar-refractivity contribution in [3.05, 3.63) is 12.7 Å². The summed E-state index contributed by atoms with van der Waals surface area (Å²) >= 11 is 0. The van der Waals surface area contributed by atoms with Gasteiger partial charge in [-0.05, 0) is 20.3 Å². The second-order valence-corrected chi connectivity index (χ2v) is 3.11. The molecular formula is C9H18N2O. The molecule has 0 aromatic rings. The molecule has 0 aromatic heterocycles. The van der Waals surface area contributed by atoms with Crippen LogP contribution in [0.5, 0.6) is 0 Å². The zero-order valence-corrected chi connectivity index (χ0v) is 7.84. The average molecular weight is 170 g/mol. The molecule has 3 nitrogen and oxygen atoms in total. The molecule has 0 saturated heterocycles. The molecule has 0 aliphatic carbocycles. The Morgan fingerprint density at radius 3 is 2.67 bits per heavy atom. The van der Waals surface area contributed by atoms with Crippen LogP contribution in [0.3, 0.4) is 0 Å². The molecule has 0 fully saturated rings. The fourth-order valence-corrected chi connectivity index (χ4v) is 0.744. The summed E-state index contributed by atoms with van der Waals surface area (Å²) in [5.74, 6) is 0.0414. The molecule has 0 spiro atoms. The van der Waals surface area contributed by atoms with Crippen LogP contribution in [0.25, 0.3) is 0 Å². The summed E-state index contributed by atoms with van der Waals surface area (Å²) in [5, 5.41) is 2.77. The summed E-state index contributed by atoms with van der Waals surface area (Å²) in [7, 11) is 0. The van der Waals surface area contributed by atoms with Crippen LogP contribution in [0.1, 0.15) is 26.7 Å². The fraction of sp³-hybridized carbons (Fsp3) is 0.667. The van der Waals surface area contributed by atoms with Crippen molar-refractivity contribution in [2.75, 3.05) is 0 Å². The highest BCUT2D eigenvalue weighted by Crippen LogP contribution is 1.94. The minimum Gasteiger partial charge on any atom is -0.350 e. The Hall–Kier alpha value is -0.830. The van der Waals surface area contributed by atoms with Crippen molar-refractivity contribution in [3.63, 3.8) is 0 Å². The van der Waals surface area contributed by atoms with E-state index in [-0.39, 0.29) is 18.0 Å². The second-order valence-electron chi connectivity index (χ2n) is 3.11. The molecule has 2 unspecified atom stereocenters. The van der Waals surface area contributed by atoms with Crippen molar-refractivity contribution in [1.82, 2.24) is 5.32 Å². The van der Waals surface area contributed by atoms with Gasteiger partial charge in [-0.1, -0.05) is 6.08 Å². The van der Waals surface area contributed by atoms with Gasteiger partial charge in [0.2, 0.25) is 5.91 Å². The summed E-state index contributed by atoms with van der Waals surface area (Å²) in [4.78, 5) is 11.1. The van der Waals surface area contributed by atoms with E-state index < -0.39 is 0 Å². The Balaban J connectivity index is 3.53. The lowest BCUT2D eigenvalue weighted by atomic mass is 10.2. The van der Waals surface area contributed by atoms with Crippen LogP contribution in [0.4, 0.5) is 0 Å². The summed E-state index contributed by atoms with van der Waals surface area (Å²) in [6.45, 7) is 7.35. The van der Waals surface area contributed by atoms with Crippen LogP contribution in [0.2, 0.25) is 0 Å². The zero-order chi connectivity index (χ0) is 9.56. The molecule has 0 aliphatic heterocycles. The third kappa shape index (κ3) is 5.92. The highest BCUT2D eigenvalue weighted by molar-refractivity contribution is 5.76. The van der Waals surface area contributed by atoms with Crippen LogP contribution in [-0.2, 0) is 4.79 Å². The predicted octanol–water partition coefficient (Wildman–Crippen LogP) is 0.804. The molecule has 70 valence electrons. The first-order valence-corrected chi connectivity index (χ1v) is 4.23. The smallest absolute Gasteiger partial charge is 0.220 e. The topological polar surface area (TPSA) is 55.1 Å². The van der Waals surface area contributed by atoms with Crippen molar-refractivity contribution in [3.8, 4) is 0 Å². The summed E-state index contributed by atoms with van der Waals surface area (Å²) in [6, 6.07) is 0.139. The molecule has 1 amide bonds. The number of amides is 1. The predicted molar refractivity (Wildman–Crippen MR) is 50.7 cm³/mol. The number of carbonyl (C=O) groups is 1. The van der Waals surface area contributed by atoms with E-state index in [2.05, 4.69) is 11.9 Å². The molecule has 0 aromatic carbocycles. The molecule has 3 heteroatoms. The van der Waals surface area contributed by atoms with Gasteiger partial charge in [-0.3, -0.25) is 4.79 Å². The van der Waals surface area contributed by atoms with Crippen LogP contribution >= 0.6 is 0 Å². The molecule has 2 atom stereocenters. The van der Waals surface area contributed by atoms with Gasteiger partial charge in [0.25, 0.3) is 0 Å². The first kappa shape index (κ1) is 11.2. The van der Waals surface area contributed by atoms with E-state index in [1.54, 1.807) is 6.08 Å². The number of carbonyl (C=O) groups excluding carboxylic acids is 1. The largest absolute Gasteiger partial charge is 0.350 e. The SMILES string of the molecule is C=CC(C)NC(=O)CCC(C)N. The average Bonchev–Trinajstić information content (AvgIpc) is 2.00. The summed E-state index contributed by atoms with van der Waals surface area (Å²) < 4.78 is 0. The third-order valence-electron chi connectivity index (χ3n) is 1.57. The zero-order valence-electron chi connectivity index (χ0n) is 7.84. The van der Waals surface area contributed by atoms with E-state index in [0.29, 0.717) is 6.42 Å². The lowest BCUT2D eigenvalue weighted by Gasteiger charge is -2.09. The Bertz CT molecular complexity index is 155. The van der Waals surface area contributed by atoms with Crippen LogP contribution in [-0.4, -0.2) is 18.0 Å². The van der Waals surface area contributed by atoms with Gasteiger partial charge in [0.15, 0.2) is 0 Å². The van der Waals surface area contributed by atoms with Crippen LogP contribution < -0.4 is 11.1 Å². The normalized spacial score (nSPS) is 14.9. The van der Waals surface area contributed by atoms with Crippen molar-refractivity contribution in [2.45, 2.75) is 38.8 Å². The van der Waals surface area contributed by atoms with Gasteiger partial charge in [-0.25, -0.2) is 0 Å². The van der Waals surface area contributed by atoms with Gasteiger partial charge >= 0.3 is 0 Å². The molecule has 12 heavy (non-hydrogen) atoms. The van der Waals surface area contributed by atoms with Crippen molar-refractivity contribution in [2.24, 2.45) is 5.73 Å². The standard InChI is InChI=1S/C9H18N2O/c1-4-8(3)11-9(12)6-5-7(2)10/h4,7-8H,1,5-6,10H2,2-3H3,(H,11,12). The van der Waals surface area contributed by atoms with Gasteiger partial charge in [0.05, 0.1) is 0 Å². The van der Waals surface area contributed by atoms with Crippen molar-refractivity contribution in [1.29, 1.82) is 0 Å². The first-order chi connectivity index (χ1) is 5.56. The number of rotatable bonds is 5. The molecule has 0 bridgehead atoms. The Morgan fingerprint density at radius 1 is 1.67 bits per heavy atom. The monoisotopic (exact) mass is 170 g/mol. The fourth-order valence-electron chi connectivity index (χ4n) is 0.744.